The molecule has 2 aromatic rings. The van der Waals surface area contributed by atoms with E-state index in [-0.39, 0.29) is 11.8 Å². The Labute approximate surface area is 153 Å². The summed E-state index contributed by atoms with van der Waals surface area (Å²) in [5.74, 6) is 1.17. The van der Waals surface area contributed by atoms with Gasteiger partial charge in [0.25, 0.3) is 5.91 Å². The topological polar surface area (TPSA) is 74.3 Å². The molecule has 0 saturated carbocycles. The van der Waals surface area contributed by atoms with Gasteiger partial charge in [0, 0.05) is 37.6 Å². The van der Waals surface area contributed by atoms with E-state index < -0.39 is 0 Å². The van der Waals surface area contributed by atoms with Crippen molar-refractivity contribution in [2.45, 2.75) is 26.7 Å². The molecule has 1 aromatic heterocycles. The van der Waals surface area contributed by atoms with E-state index in [1.54, 1.807) is 6.20 Å². The predicted molar refractivity (Wildman–Crippen MR) is 103 cm³/mol. The van der Waals surface area contributed by atoms with Crippen LogP contribution in [0, 0.1) is 5.92 Å². The van der Waals surface area contributed by atoms with Crippen molar-refractivity contribution in [1.82, 2.24) is 9.88 Å². The van der Waals surface area contributed by atoms with Crippen LogP contribution in [0.2, 0.25) is 0 Å². The number of rotatable bonds is 4. The molecule has 6 nitrogen and oxygen atoms in total. The van der Waals surface area contributed by atoms with E-state index in [4.69, 9.17) is 0 Å². The highest BCUT2D eigenvalue weighted by Gasteiger charge is 2.22. The zero-order valence-electron chi connectivity index (χ0n) is 15.2. The number of nitrogens with zero attached hydrogens (tertiary/aromatic N) is 2. The molecule has 3 rings (SSSR count). The van der Waals surface area contributed by atoms with Gasteiger partial charge in [-0.3, -0.25) is 9.59 Å². The Morgan fingerprint density at radius 3 is 2.46 bits per heavy atom. The molecule has 6 heteroatoms. The van der Waals surface area contributed by atoms with E-state index in [9.17, 15) is 9.59 Å². The molecule has 1 aliphatic rings. The average Bonchev–Trinajstić information content (AvgIpc) is 2.63. The van der Waals surface area contributed by atoms with E-state index in [0.717, 1.165) is 30.9 Å². The van der Waals surface area contributed by atoms with Crippen LogP contribution in [0.1, 0.15) is 37.0 Å². The van der Waals surface area contributed by atoms with E-state index in [0.29, 0.717) is 17.3 Å². The second-order valence-corrected chi connectivity index (χ2v) is 6.81. The minimum atomic E-state index is -0.101. The van der Waals surface area contributed by atoms with E-state index in [2.05, 4.69) is 22.5 Å². The first-order valence-electron chi connectivity index (χ1n) is 8.91. The van der Waals surface area contributed by atoms with E-state index in [1.807, 2.05) is 41.3 Å². The summed E-state index contributed by atoms with van der Waals surface area (Å²) in [7, 11) is 0. The summed E-state index contributed by atoms with van der Waals surface area (Å²) in [6.07, 6.45) is 3.87. The number of aromatic nitrogens is 1. The second kappa shape index (κ2) is 7.99. The van der Waals surface area contributed by atoms with Gasteiger partial charge in [0.15, 0.2) is 0 Å². The van der Waals surface area contributed by atoms with Gasteiger partial charge in [-0.25, -0.2) is 4.98 Å². The fourth-order valence-electron chi connectivity index (χ4n) is 3.14. The minimum absolute atomic E-state index is 0.0512. The van der Waals surface area contributed by atoms with Gasteiger partial charge in [-0.2, -0.15) is 0 Å². The maximum atomic E-state index is 12.6. The van der Waals surface area contributed by atoms with Crippen LogP contribution in [0.25, 0.3) is 0 Å². The van der Waals surface area contributed by atoms with Crippen molar-refractivity contribution in [1.29, 1.82) is 0 Å². The van der Waals surface area contributed by atoms with Gasteiger partial charge in [0.05, 0.1) is 5.56 Å². The summed E-state index contributed by atoms with van der Waals surface area (Å²) in [5.41, 5.74) is 2.22. The summed E-state index contributed by atoms with van der Waals surface area (Å²) >= 11 is 0. The van der Waals surface area contributed by atoms with Crippen LogP contribution < -0.4 is 10.6 Å². The lowest BCUT2D eigenvalue weighted by Crippen LogP contribution is -2.39. The molecule has 2 N–H and O–H groups in total. The third kappa shape index (κ3) is 4.59. The van der Waals surface area contributed by atoms with Crippen molar-refractivity contribution in [3.8, 4) is 0 Å². The molecule has 0 spiro atoms. The monoisotopic (exact) mass is 352 g/mol. The van der Waals surface area contributed by atoms with Gasteiger partial charge >= 0.3 is 0 Å². The molecule has 1 saturated heterocycles. The zero-order chi connectivity index (χ0) is 18.5. The van der Waals surface area contributed by atoms with Crippen molar-refractivity contribution in [2.24, 2.45) is 5.92 Å². The molecule has 0 aliphatic carbocycles. The largest absolute Gasteiger partial charge is 0.340 e. The standard InChI is InChI=1S/C20H24N4O2/c1-14-4-3-11-24(13-14)20(26)16-5-10-19(21-12-16)23-18-8-6-17(7-9-18)22-15(2)25/h5-10,12,14H,3-4,11,13H2,1-2H3,(H,21,23)(H,22,25). The molecular formula is C20H24N4O2. The Morgan fingerprint density at radius 2 is 1.85 bits per heavy atom. The number of anilines is 3. The van der Waals surface area contributed by atoms with Gasteiger partial charge in [-0.1, -0.05) is 6.92 Å². The molecule has 136 valence electrons. The molecule has 1 fully saturated rings. The quantitative estimate of drug-likeness (QED) is 0.881. The molecule has 0 bridgehead atoms. The minimum Gasteiger partial charge on any atom is -0.340 e. The van der Waals surface area contributed by atoms with Gasteiger partial charge < -0.3 is 15.5 Å². The first kappa shape index (κ1) is 17.9. The Balaban J connectivity index is 1.62. The van der Waals surface area contributed by atoms with Gasteiger partial charge in [0.1, 0.15) is 5.82 Å². The van der Waals surface area contributed by atoms with Crippen LogP contribution in [0.15, 0.2) is 42.6 Å². The molecule has 2 heterocycles. The number of carbonyl (C=O) groups is 2. The van der Waals surface area contributed by atoms with Gasteiger partial charge in [-0.05, 0) is 55.2 Å². The predicted octanol–water partition coefficient (Wildman–Crippen LogP) is 3.66. The highest BCUT2D eigenvalue weighted by molar-refractivity contribution is 5.94. The van der Waals surface area contributed by atoms with E-state index in [1.165, 1.54) is 13.3 Å². The zero-order valence-corrected chi connectivity index (χ0v) is 15.2. The molecule has 0 radical (unpaired) electrons. The molecule has 1 unspecified atom stereocenters. The fraction of sp³-hybridized carbons (Fsp3) is 0.350. The Kier molecular flexibility index (Phi) is 5.51. The summed E-state index contributed by atoms with van der Waals surface area (Å²) in [5, 5.41) is 5.91. The number of pyridine rings is 1. The number of piperidine rings is 1. The van der Waals surface area contributed by atoms with Crippen LogP contribution in [0.5, 0.6) is 0 Å². The normalized spacial score (nSPS) is 16.8. The van der Waals surface area contributed by atoms with Gasteiger partial charge in [0.2, 0.25) is 5.91 Å². The summed E-state index contributed by atoms with van der Waals surface area (Å²) in [6.45, 7) is 5.30. The van der Waals surface area contributed by atoms with Crippen molar-refractivity contribution < 1.29 is 9.59 Å². The lowest BCUT2D eigenvalue weighted by molar-refractivity contribution is -0.114. The summed E-state index contributed by atoms with van der Waals surface area (Å²) < 4.78 is 0. The molecule has 1 aliphatic heterocycles. The molecule has 26 heavy (non-hydrogen) atoms. The van der Waals surface area contributed by atoms with Crippen molar-refractivity contribution in [3.63, 3.8) is 0 Å². The second-order valence-electron chi connectivity index (χ2n) is 6.81. The maximum Gasteiger partial charge on any atom is 0.255 e. The SMILES string of the molecule is CC(=O)Nc1ccc(Nc2ccc(C(=O)N3CCCC(C)C3)cn2)cc1. The van der Waals surface area contributed by atoms with Crippen LogP contribution in [-0.2, 0) is 4.79 Å². The third-order valence-electron chi connectivity index (χ3n) is 4.43. The number of benzene rings is 1. The first-order valence-corrected chi connectivity index (χ1v) is 8.91. The van der Waals surface area contributed by atoms with Crippen LogP contribution in [-0.4, -0.2) is 34.8 Å². The smallest absolute Gasteiger partial charge is 0.255 e. The Bertz CT molecular complexity index is 771. The first-order chi connectivity index (χ1) is 12.5. The lowest BCUT2D eigenvalue weighted by Gasteiger charge is -2.30. The third-order valence-corrected chi connectivity index (χ3v) is 4.43. The molecule has 2 amide bonds. The van der Waals surface area contributed by atoms with Crippen molar-refractivity contribution in [3.05, 3.63) is 48.2 Å². The average molecular weight is 352 g/mol. The van der Waals surface area contributed by atoms with Gasteiger partial charge in [-0.15, -0.1) is 0 Å². The fourth-order valence-corrected chi connectivity index (χ4v) is 3.14. The van der Waals surface area contributed by atoms with Crippen LogP contribution in [0.3, 0.4) is 0 Å². The molecule has 1 aromatic carbocycles. The summed E-state index contributed by atoms with van der Waals surface area (Å²) in [6, 6.07) is 11.0. The number of hydrogen-bond donors (Lipinski definition) is 2. The van der Waals surface area contributed by atoms with Crippen molar-refractivity contribution >= 4 is 29.0 Å². The lowest BCUT2D eigenvalue weighted by atomic mass is 10.00. The molecule has 1 atom stereocenters. The number of likely N-dealkylation sites (tertiary alicyclic amines) is 1. The highest BCUT2D eigenvalue weighted by atomic mass is 16.2. The number of carbonyl (C=O) groups excluding carboxylic acids is 2. The van der Waals surface area contributed by atoms with Crippen LogP contribution in [0.4, 0.5) is 17.2 Å². The number of hydrogen-bond acceptors (Lipinski definition) is 4. The van der Waals surface area contributed by atoms with Crippen molar-refractivity contribution in [2.75, 3.05) is 23.7 Å². The Hall–Kier alpha value is -2.89. The highest BCUT2D eigenvalue weighted by Crippen LogP contribution is 2.20. The number of amides is 2. The number of nitrogens with one attached hydrogen (secondary N) is 2. The van der Waals surface area contributed by atoms with E-state index >= 15 is 0 Å². The molecular weight excluding hydrogens is 328 g/mol. The summed E-state index contributed by atoms with van der Waals surface area (Å²) in [4.78, 5) is 29.9. The van der Waals surface area contributed by atoms with Crippen LogP contribution >= 0.6 is 0 Å². The Morgan fingerprint density at radius 1 is 1.12 bits per heavy atom. The maximum absolute atomic E-state index is 12.6.